The van der Waals surface area contributed by atoms with Gasteiger partial charge < -0.3 is 19.0 Å². The Kier molecular flexibility index (Phi) is 5.63. The number of rotatable bonds is 6. The Balaban J connectivity index is 1.61. The Morgan fingerprint density at radius 1 is 1.18 bits per heavy atom. The Bertz CT molecular complexity index is 1010. The van der Waals surface area contributed by atoms with Crippen LogP contribution in [0.1, 0.15) is 33.1 Å². The SMILES string of the molecule is Cc1ccc(NC(=O)COC(=O)c2cc(C)n(Cc3ccco3)c2C)cc1F. The second-order valence-corrected chi connectivity index (χ2v) is 6.54. The van der Waals surface area contributed by atoms with E-state index in [0.717, 1.165) is 17.1 Å². The van der Waals surface area contributed by atoms with E-state index in [-0.39, 0.29) is 0 Å². The topological polar surface area (TPSA) is 73.5 Å². The minimum absolute atomic E-state index is 0.306. The van der Waals surface area contributed by atoms with Gasteiger partial charge in [0.05, 0.1) is 18.4 Å². The predicted molar refractivity (Wildman–Crippen MR) is 102 cm³/mol. The summed E-state index contributed by atoms with van der Waals surface area (Å²) in [4.78, 5) is 24.4. The maximum absolute atomic E-state index is 13.5. The number of benzene rings is 1. The van der Waals surface area contributed by atoms with Crippen LogP contribution in [0.25, 0.3) is 0 Å². The van der Waals surface area contributed by atoms with E-state index in [4.69, 9.17) is 9.15 Å². The first-order chi connectivity index (χ1) is 13.3. The summed E-state index contributed by atoms with van der Waals surface area (Å²) in [5.74, 6) is -0.782. The zero-order chi connectivity index (χ0) is 20.3. The van der Waals surface area contributed by atoms with Crippen molar-refractivity contribution in [1.82, 2.24) is 4.57 Å². The lowest BCUT2D eigenvalue weighted by molar-refractivity contribution is -0.119. The van der Waals surface area contributed by atoms with Crippen LogP contribution >= 0.6 is 0 Å². The average Bonchev–Trinajstić information content (AvgIpc) is 3.26. The molecule has 2 heterocycles. The van der Waals surface area contributed by atoms with E-state index < -0.39 is 24.3 Å². The van der Waals surface area contributed by atoms with Gasteiger partial charge in [0.2, 0.25) is 0 Å². The molecule has 0 spiro atoms. The molecule has 1 amide bonds. The van der Waals surface area contributed by atoms with Crippen molar-refractivity contribution in [2.24, 2.45) is 0 Å². The minimum atomic E-state index is -0.593. The fourth-order valence-electron chi connectivity index (χ4n) is 2.89. The van der Waals surface area contributed by atoms with E-state index in [1.165, 1.54) is 6.07 Å². The van der Waals surface area contributed by atoms with Gasteiger partial charge in [-0.25, -0.2) is 9.18 Å². The highest BCUT2D eigenvalue weighted by molar-refractivity contribution is 5.96. The lowest BCUT2D eigenvalue weighted by Gasteiger charge is -2.09. The maximum atomic E-state index is 13.5. The zero-order valence-electron chi connectivity index (χ0n) is 15.9. The van der Waals surface area contributed by atoms with Gasteiger partial charge in [0.25, 0.3) is 5.91 Å². The molecular weight excluding hydrogens is 363 g/mol. The molecule has 0 aliphatic rings. The number of halogens is 1. The van der Waals surface area contributed by atoms with Crippen molar-refractivity contribution in [1.29, 1.82) is 0 Å². The third-order valence-corrected chi connectivity index (χ3v) is 4.48. The van der Waals surface area contributed by atoms with E-state index >= 15 is 0 Å². The Morgan fingerprint density at radius 2 is 1.96 bits per heavy atom. The quantitative estimate of drug-likeness (QED) is 0.652. The lowest BCUT2D eigenvalue weighted by Crippen LogP contribution is -2.21. The van der Waals surface area contributed by atoms with Crippen LogP contribution < -0.4 is 5.32 Å². The zero-order valence-corrected chi connectivity index (χ0v) is 15.9. The van der Waals surface area contributed by atoms with Crippen LogP contribution in [-0.4, -0.2) is 23.1 Å². The summed E-state index contributed by atoms with van der Waals surface area (Å²) in [6.45, 7) is 5.35. The normalized spacial score (nSPS) is 10.7. The van der Waals surface area contributed by atoms with Gasteiger partial charge in [0, 0.05) is 17.1 Å². The highest BCUT2D eigenvalue weighted by atomic mass is 19.1. The second-order valence-electron chi connectivity index (χ2n) is 6.54. The number of anilines is 1. The third kappa shape index (κ3) is 4.31. The van der Waals surface area contributed by atoms with Crippen molar-refractivity contribution < 1.29 is 23.1 Å². The third-order valence-electron chi connectivity index (χ3n) is 4.48. The van der Waals surface area contributed by atoms with Crippen LogP contribution in [0.4, 0.5) is 10.1 Å². The van der Waals surface area contributed by atoms with Crippen LogP contribution in [0.2, 0.25) is 0 Å². The summed E-state index contributed by atoms with van der Waals surface area (Å²) in [5.41, 5.74) is 2.77. The Hall–Kier alpha value is -3.35. The van der Waals surface area contributed by atoms with Gasteiger partial charge in [-0.3, -0.25) is 4.79 Å². The summed E-state index contributed by atoms with van der Waals surface area (Å²) < 4.78 is 25.9. The molecule has 0 fully saturated rings. The van der Waals surface area contributed by atoms with Gasteiger partial charge in [-0.2, -0.15) is 0 Å². The van der Waals surface area contributed by atoms with E-state index in [9.17, 15) is 14.0 Å². The van der Waals surface area contributed by atoms with Gasteiger partial charge >= 0.3 is 5.97 Å². The molecular formula is C21H21FN2O4. The molecule has 0 saturated carbocycles. The molecule has 0 bridgehead atoms. The highest BCUT2D eigenvalue weighted by Gasteiger charge is 2.18. The Labute approximate surface area is 161 Å². The molecule has 3 aromatic rings. The van der Waals surface area contributed by atoms with Gasteiger partial charge in [-0.05, 0) is 56.7 Å². The largest absolute Gasteiger partial charge is 0.467 e. The standard InChI is InChI=1S/C21H21FN2O4/c1-13-6-7-16(10-19(13)22)23-20(25)12-28-21(26)18-9-14(2)24(15(18)3)11-17-5-4-8-27-17/h4-10H,11-12H2,1-3H3,(H,23,25). The Morgan fingerprint density at radius 3 is 2.64 bits per heavy atom. The van der Waals surface area contributed by atoms with Crippen molar-refractivity contribution in [2.75, 3.05) is 11.9 Å². The number of aryl methyl sites for hydroxylation is 2. The summed E-state index contributed by atoms with van der Waals surface area (Å²) >= 11 is 0. The number of carbonyl (C=O) groups is 2. The molecule has 0 aliphatic heterocycles. The number of ether oxygens (including phenoxy) is 1. The fourth-order valence-corrected chi connectivity index (χ4v) is 2.89. The number of aromatic nitrogens is 1. The molecule has 7 heteroatoms. The van der Waals surface area contributed by atoms with Crippen molar-refractivity contribution in [3.8, 4) is 0 Å². The van der Waals surface area contributed by atoms with Crippen LogP contribution in [0.5, 0.6) is 0 Å². The molecule has 0 radical (unpaired) electrons. The molecule has 0 unspecified atom stereocenters. The number of furan rings is 1. The lowest BCUT2D eigenvalue weighted by atomic mass is 10.2. The van der Waals surface area contributed by atoms with Gasteiger partial charge in [-0.15, -0.1) is 0 Å². The van der Waals surface area contributed by atoms with Gasteiger partial charge in [-0.1, -0.05) is 6.07 Å². The van der Waals surface area contributed by atoms with Crippen molar-refractivity contribution in [3.05, 3.63) is 76.8 Å². The monoisotopic (exact) mass is 384 g/mol. The van der Waals surface area contributed by atoms with Gasteiger partial charge in [0.1, 0.15) is 11.6 Å². The number of hydrogen-bond acceptors (Lipinski definition) is 4. The number of carbonyl (C=O) groups excluding carboxylic acids is 2. The molecule has 2 aromatic heterocycles. The molecule has 1 N–H and O–H groups in total. The molecule has 0 atom stereocenters. The maximum Gasteiger partial charge on any atom is 0.340 e. The smallest absolute Gasteiger partial charge is 0.340 e. The predicted octanol–water partition coefficient (Wildman–Crippen LogP) is 3.99. The first kappa shape index (κ1) is 19.4. The molecule has 3 rings (SSSR count). The van der Waals surface area contributed by atoms with Crippen LogP contribution in [-0.2, 0) is 16.1 Å². The van der Waals surface area contributed by atoms with Crippen LogP contribution in [0.3, 0.4) is 0 Å². The number of nitrogens with zero attached hydrogens (tertiary/aromatic N) is 1. The number of hydrogen-bond donors (Lipinski definition) is 1. The fraction of sp³-hybridized carbons (Fsp3) is 0.238. The highest BCUT2D eigenvalue weighted by Crippen LogP contribution is 2.18. The summed E-state index contributed by atoms with van der Waals surface area (Å²) in [6, 6.07) is 9.74. The number of esters is 1. The van der Waals surface area contributed by atoms with Crippen LogP contribution in [0, 0.1) is 26.6 Å². The number of amides is 1. The molecule has 146 valence electrons. The molecule has 0 saturated heterocycles. The molecule has 6 nitrogen and oxygen atoms in total. The first-order valence-corrected chi connectivity index (χ1v) is 8.77. The van der Waals surface area contributed by atoms with Crippen molar-refractivity contribution in [2.45, 2.75) is 27.3 Å². The number of nitrogens with one attached hydrogen (secondary N) is 1. The van der Waals surface area contributed by atoms with E-state index in [0.29, 0.717) is 23.4 Å². The minimum Gasteiger partial charge on any atom is -0.467 e. The summed E-state index contributed by atoms with van der Waals surface area (Å²) in [7, 11) is 0. The first-order valence-electron chi connectivity index (χ1n) is 8.77. The van der Waals surface area contributed by atoms with Crippen LogP contribution in [0.15, 0.2) is 47.1 Å². The van der Waals surface area contributed by atoms with Crippen molar-refractivity contribution in [3.63, 3.8) is 0 Å². The van der Waals surface area contributed by atoms with E-state index in [1.54, 1.807) is 37.5 Å². The van der Waals surface area contributed by atoms with E-state index in [1.807, 2.05) is 24.5 Å². The average molecular weight is 384 g/mol. The van der Waals surface area contributed by atoms with E-state index in [2.05, 4.69) is 5.32 Å². The summed E-state index contributed by atoms with van der Waals surface area (Å²) in [5, 5.41) is 2.50. The second kappa shape index (κ2) is 8.12. The molecule has 28 heavy (non-hydrogen) atoms. The van der Waals surface area contributed by atoms with Crippen molar-refractivity contribution >= 4 is 17.6 Å². The van der Waals surface area contributed by atoms with Gasteiger partial charge in [0.15, 0.2) is 6.61 Å². The summed E-state index contributed by atoms with van der Waals surface area (Å²) in [6.07, 6.45) is 1.59. The molecule has 1 aromatic carbocycles. The molecule has 0 aliphatic carbocycles.